The van der Waals surface area contributed by atoms with Crippen molar-refractivity contribution in [3.8, 4) is 0 Å². The van der Waals surface area contributed by atoms with Crippen LogP contribution in [-0.4, -0.2) is 50.3 Å². The van der Waals surface area contributed by atoms with Gasteiger partial charge >= 0.3 is 0 Å². The van der Waals surface area contributed by atoms with Gasteiger partial charge in [-0.05, 0) is 30.9 Å². The Labute approximate surface area is 155 Å². The number of hydrogen-bond acceptors (Lipinski definition) is 3. The third kappa shape index (κ3) is 4.97. The molecule has 2 fully saturated rings. The van der Waals surface area contributed by atoms with Crippen molar-refractivity contribution in [1.29, 1.82) is 0 Å². The lowest BCUT2D eigenvalue weighted by molar-refractivity contribution is 0.0674. The fourth-order valence-corrected chi connectivity index (χ4v) is 3.15. The first-order valence-electron chi connectivity index (χ1n) is 8.30. The Morgan fingerprint density at radius 3 is 2.48 bits per heavy atom. The number of halogens is 1. The van der Waals surface area contributed by atoms with Crippen LogP contribution in [0.3, 0.4) is 0 Å². The molecule has 2 saturated heterocycles. The highest BCUT2D eigenvalue weighted by molar-refractivity contribution is 14.0. The molecule has 1 aromatic carbocycles. The average molecular weight is 430 g/mol. The van der Waals surface area contributed by atoms with Crippen molar-refractivity contribution in [3.05, 3.63) is 29.8 Å². The summed E-state index contributed by atoms with van der Waals surface area (Å²) in [5.41, 5.74) is 8.72. The Morgan fingerprint density at radius 1 is 1.04 bits per heavy atom. The minimum atomic E-state index is 0. The van der Waals surface area contributed by atoms with Gasteiger partial charge in [0.1, 0.15) is 0 Å². The number of rotatable bonds is 3. The summed E-state index contributed by atoms with van der Waals surface area (Å²) in [6.45, 7) is 6.10. The zero-order valence-corrected chi connectivity index (χ0v) is 15.9. The number of benzene rings is 1. The Hall–Kier alpha value is -1.02. The maximum atomic E-state index is 6.13. The quantitative estimate of drug-likeness (QED) is 0.455. The molecular weight excluding hydrogens is 403 g/mol. The predicted octanol–water partition coefficient (Wildman–Crippen LogP) is 2.44. The molecule has 0 aliphatic carbocycles. The van der Waals surface area contributed by atoms with Crippen molar-refractivity contribution >= 4 is 35.6 Å². The first-order valence-corrected chi connectivity index (χ1v) is 8.30. The van der Waals surface area contributed by atoms with E-state index in [1.54, 1.807) is 0 Å². The van der Waals surface area contributed by atoms with Crippen molar-refractivity contribution in [2.75, 3.05) is 44.3 Å². The van der Waals surface area contributed by atoms with Crippen molar-refractivity contribution in [3.63, 3.8) is 0 Å². The molecule has 2 heterocycles. The minimum absolute atomic E-state index is 0. The van der Waals surface area contributed by atoms with E-state index in [0.29, 0.717) is 12.5 Å². The number of hydrogen-bond donors (Lipinski definition) is 1. The average Bonchev–Trinajstić information content (AvgIpc) is 2.61. The van der Waals surface area contributed by atoms with Crippen LogP contribution in [0.15, 0.2) is 29.3 Å². The molecule has 2 aliphatic heterocycles. The molecule has 1 aromatic rings. The number of nitrogens with zero attached hydrogens (tertiary/aromatic N) is 3. The molecule has 0 spiro atoms. The highest BCUT2D eigenvalue weighted by atomic mass is 127. The summed E-state index contributed by atoms with van der Waals surface area (Å²) in [6.07, 6.45) is 3.92. The van der Waals surface area contributed by atoms with E-state index in [0.717, 1.165) is 39.4 Å². The van der Waals surface area contributed by atoms with Gasteiger partial charge in [-0.2, -0.15) is 0 Å². The number of piperidine rings is 1. The molecule has 23 heavy (non-hydrogen) atoms. The van der Waals surface area contributed by atoms with E-state index in [1.165, 1.54) is 30.5 Å². The summed E-state index contributed by atoms with van der Waals surface area (Å²) in [5.74, 6) is 0.636. The molecule has 0 unspecified atom stereocenters. The standard InChI is InChI=1S/C17H26N4O.HI/c18-17(21-10-12-22-13-11-21)19-14-15-6-2-3-7-16(15)20-8-4-1-5-9-20;/h2-3,6-7H,1,4-5,8-14H2,(H2,18,19);1H. The van der Waals surface area contributed by atoms with E-state index in [2.05, 4.69) is 39.1 Å². The van der Waals surface area contributed by atoms with E-state index in [4.69, 9.17) is 10.5 Å². The Balaban J connectivity index is 0.00000192. The topological polar surface area (TPSA) is 54.1 Å². The monoisotopic (exact) mass is 430 g/mol. The number of ether oxygens (including phenoxy) is 1. The zero-order chi connectivity index (χ0) is 15.2. The number of guanidine groups is 1. The minimum Gasteiger partial charge on any atom is -0.378 e. The summed E-state index contributed by atoms with van der Waals surface area (Å²) in [4.78, 5) is 9.20. The maximum Gasteiger partial charge on any atom is 0.191 e. The molecule has 2 aliphatic rings. The van der Waals surface area contributed by atoms with Gasteiger partial charge in [0.25, 0.3) is 0 Å². The number of para-hydroxylation sites is 1. The van der Waals surface area contributed by atoms with Crippen LogP contribution in [0.2, 0.25) is 0 Å². The van der Waals surface area contributed by atoms with Gasteiger partial charge in [-0.3, -0.25) is 0 Å². The van der Waals surface area contributed by atoms with Gasteiger partial charge in [0, 0.05) is 31.9 Å². The molecule has 0 amide bonds. The Morgan fingerprint density at radius 2 is 1.74 bits per heavy atom. The Bertz CT molecular complexity index is 511. The third-order valence-corrected chi connectivity index (χ3v) is 4.43. The fraction of sp³-hybridized carbons (Fsp3) is 0.588. The summed E-state index contributed by atoms with van der Waals surface area (Å²) in [7, 11) is 0. The van der Waals surface area contributed by atoms with Gasteiger partial charge in [-0.15, -0.1) is 24.0 Å². The van der Waals surface area contributed by atoms with Crippen LogP contribution in [0.1, 0.15) is 24.8 Å². The molecule has 5 nitrogen and oxygen atoms in total. The first-order chi connectivity index (χ1) is 10.8. The summed E-state index contributed by atoms with van der Waals surface area (Å²) < 4.78 is 5.35. The van der Waals surface area contributed by atoms with E-state index in [1.807, 2.05) is 0 Å². The first kappa shape index (κ1) is 18.3. The molecule has 0 bridgehead atoms. The summed E-state index contributed by atoms with van der Waals surface area (Å²) in [5, 5.41) is 0. The van der Waals surface area contributed by atoms with Gasteiger partial charge in [0.2, 0.25) is 0 Å². The van der Waals surface area contributed by atoms with Gasteiger partial charge in [-0.25, -0.2) is 4.99 Å². The van der Waals surface area contributed by atoms with Crippen LogP contribution in [-0.2, 0) is 11.3 Å². The predicted molar refractivity (Wildman–Crippen MR) is 106 cm³/mol. The normalized spacial score (nSPS) is 19.4. The van der Waals surface area contributed by atoms with Gasteiger partial charge in [-0.1, -0.05) is 18.2 Å². The lowest BCUT2D eigenvalue weighted by Crippen LogP contribution is -2.44. The molecule has 6 heteroatoms. The number of nitrogens with two attached hydrogens (primary N) is 1. The molecule has 128 valence electrons. The molecule has 0 atom stereocenters. The van der Waals surface area contributed by atoms with Crippen molar-refractivity contribution in [2.45, 2.75) is 25.8 Å². The summed E-state index contributed by atoms with van der Waals surface area (Å²) in [6, 6.07) is 8.58. The van der Waals surface area contributed by atoms with Crippen molar-refractivity contribution < 1.29 is 4.74 Å². The molecule has 3 rings (SSSR count). The van der Waals surface area contributed by atoms with Crippen LogP contribution in [0, 0.1) is 0 Å². The van der Waals surface area contributed by atoms with E-state index >= 15 is 0 Å². The molecule has 0 aromatic heterocycles. The lowest BCUT2D eigenvalue weighted by atomic mass is 10.1. The number of anilines is 1. The highest BCUT2D eigenvalue weighted by Crippen LogP contribution is 2.24. The zero-order valence-electron chi connectivity index (χ0n) is 13.6. The van der Waals surface area contributed by atoms with Crippen LogP contribution in [0.5, 0.6) is 0 Å². The number of aliphatic imine (C=N–C) groups is 1. The SMILES string of the molecule is I.NC(=NCc1ccccc1N1CCCCC1)N1CCOCC1. The second-order valence-electron chi connectivity index (χ2n) is 5.95. The van der Waals surface area contributed by atoms with Crippen LogP contribution in [0.25, 0.3) is 0 Å². The van der Waals surface area contributed by atoms with Crippen molar-refractivity contribution in [1.82, 2.24) is 4.90 Å². The fourth-order valence-electron chi connectivity index (χ4n) is 3.15. The lowest BCUT2D eigenvalue weighted by Gasteiger charge is -2.30. The van der Waals surface area contributed by atoms with Gasteiger partial charge < -0.3 is 20.3 Å². The highest BCUT2D eigenvalue weighted by Gasteiger charge is 2.15. The second kappa shape index (κ2) is 9.32. The summed E-state index contributed by atoms with van der Waals surface area (Å²) >= 11 is 0. The molecule has 0 radical (unpaired) electrons. The van der Waals surface area contributed by atoms with E-state index in [9.17, 15) is 0 Å². The molecule has 2 N–H and O–H groups in total. The molecule has 0 saturated carbocycles. The number of morpholine rings is 1. The van der Waals surface area contributed by atoms with E-state index in [-0.39, 0.29) is 24.0 Å². The third-order valence-electron chi connectivity index (χ3n) is 4.43. The Kier molecular flexibility index (Phi) is 7.42. The molecular formula is C17H27IN4O. The van der Waals surface area contributed by atoms with E-state index < -0.39 is 0 Å². The van der Waals surface area contributed by atoms with Gasteiger partial charge in [0.15, 0.2) is 5.96 Å². The second-order valence-corrected chi connectivity index (χ2v) is 5.95. The van der Waals surface area contributed by atoms with Crippen molar-refractivity contribution in [2.24, 2.45) is 10.7 Å². The largest absolute Gasteiger partial charge is 0.378 e. The maximum absolute atomic E-state index is 6.13. The van der Waals surface area contributed by atoms with Crippen LogP contribution >= 0.6 is 24.0 Å². The van der Waals surface area contributed by atoms with Crippen LogP contribution in [0.4, 0.5) is 5.69 Å². The van der Waals surface area contributed by atoms with Crippen LogP contribution < -0.4 is 10.6 Å². The smallest absolute Gasteiger partial charge is 0.191 e. The van der Waals surface area contributed by atoms with Gasteiger partial charge in [0.05, 0.1) is 19.8 Å².